The van der Waals surface area contributed by atoms with E-state index in [0.29, 0.717) is 12.4 Å². The highest BCUT2D eigenvalue weighted by atomic mass is 127. The van der Waals surface area contributed by atoms with E-state index < -0.39 is 6.67 Å². The number of halogens is 2. The van der Waals surface area contributed by atoms with Crippen LogP contribution in [0.3, 0.4) is 0 Å². The van der Waals surface area contributed by atoms with Crippen LogP contribution in [0.25, 0.3) is 0 Å². The first-order valence-electron chi connectivity index (χ1n) is 5.80. The highest BCUT2D eigenvalue weighted by molar-refractivity contribution is 14.1. The van der Waals surface area contributed by atoms with Crippen LogP contribution in [-0.2, 0) is 6.61 Å². The predicted octanol–water partition coefficient (Wildman–Crippen LogP) is 3.61. The molecule has 0 bridgehead atoms. The maximum absolute atomic E-state index is 11.9. The Morgan fingerprint density at radius 1 is 1.00 bits per heavy atom. The lowest BCUT2D eigenvalue weighted by Gasteiger charge is -2.07. The highest BCUT2D eigenvalue weighted by Crippen LogP contribution is 2.15. The molecule has 0 saturated heterocycles. The summed E-state index contributed by atoms with van der Waals surface area (Å²) in [6, 6.07) is 11.2. The number of hydrogen-bond donors (Lipinski definition) is 0. The van der Waals surface area contributed by atoms with Crippen LogP contribution in [-0.4, -0.2) is 18.3 Å². The zero-order chi connectivity index (χ0) is 13.5. The van der Waals surface area contributed by atoms with Crippen molar-refractivity contribution in [3.8, 4) is 11.5 Å². The molecule has 0 aliphatic heterocycles. The molecular formula is C14H13FINO2. The number of hydrogen-bond acceptors (Lipinski definition) is 3. The fraction of sp³-hybridized carbons (Fsp3) is 0.214. The van der Waals surface area contributed by atoms with Gasteiger partial charge in [-0.1, -0.05) is 12.1 Å². The van der Waals surface area contributed by atoms with Crippen LogP contribution in [0, 0.1) is 3.70 Å². The van der Waals surface area contributed by atoms with Gasteiger partial charge in [0.2, 0.25) is 0 Å². The molecule has 2 rings (SSSR count). The van der Waals surface area contributed by atoms with Crippen molar-refractivity contribution >= 4 is 22.6 Å². The summed E-state index contributed by atoms with van der Waals surface area (Å²) in [5, 5.41) is 0. The van der Waals surface area contributed by atoms with Crippen LogP contribution < -0.4 is 9.47 Å². The summed E-state index contributed by atoms with van der Waals surface area (Å²) in [5.41, 5.74) is 1.02. The van der Waals surface area contributed by atoms with Gasteiger partial charge in [0.1, 0.15) is 35.1 Å². The molecule has 0 radical (unpaired) electrons. The van der Waals surface area contributed by atoms with Gasteiger partial charge in [0.25, 0.3) is 0 Å². The molecule has 0 spiro atoms. The van der Waals surface area contributed by atoms with Crippen LogP contribution in [0.2, 0.25) is 0 Å². The van der Waals surface area contributed by atoms with E-state index in [0.717, 1.165) is 15.0 Å². The van der Waals surface area contributed by atoms with Crippen LogP contribution >= 0.6 is 22.6 Å². The van der Waals surface area contributed by atoms with Gasteiger partial charge < -0.3 is 9.47 Å². The second kappa shape index (κ2) is 7.28. The smallest absolute Gasteiger partial charge is 0.138 e. The molecule has 100 valence electrons. The Hall–Kier alpha value is -1.37. The normalized spacial score (nSPS) is 10.2. The molecule has 1 heterocycles. The Morgan fingerprint density at radius 2 is 1.74 bits per heavy atom. The van der Waals surface area contributed by atoms with Gasteiger partial charge in [-0.3, -0.25) is 0 Å². The van der Waals surface area contributed by atoms with E-state index in [9.17, 15) is 4.39 Å². The van der Waals surface area contributed by atoms with Crippen molar-refractivity contribution in [2.45, 2.75) is 6.61 Å². The molecule has 2 aromatic rings. The number of ether oxygens (including phenoxy) is 2. The highest BCUT2D eigenvalue weighted by Gasteiger charge is 1.98. The van der Waals surface area contributed by atoms with Gasteiger partial charge in [-0.05, 0) is 52.4 Å². The van der Waals surface area contributed by atoms with Gasteiger partial charge in [0.05, 0.1) is 6.20 Å². The van der Waals surface area contributed by atoms with Crippen molar-refractivity contribution in [3.63, 3.8) is 0 Å². The molecule has 3 nitrogen and oxygen atoms in total. The van der Waals surface area contributed by atoms with E-state index in [2.05, 4.69) is 27.6 Å². The molecule has 0 fully saturated rings. The third-order valence-electron chi connectivity index (χ3n) is 2.37. The summed E-state index contributed by atoms with van der Waals surface area (Å²) >= 11 is 2.14. The number of pyridine rings is 1. The summed E-state index contributed by atoms with van der Waals surface area (Å²) in [4.78, 5) is 4.15. The van der Waals surface area contributed by atoms with Gasteiger partial charge in [-0.15, -0.1) is 0 Å². The van der Waals surface area contributed by atoms with Crippen molar-refractivity contribution in [2.24, 2.45) is 0 Å². The third-order valence-corrected chi connectivity index (χ3v) is 3.01. The quantitative estimate of drug-likeness (QED) is 0.573. The van der Waals surface area contributed by atoms with Crippen LogP contribution in [0.5, 0.6) is 11.5 Å². The van der Waals surface area contributed by atoms with E-state index >= 15 is 0 Å². The summed E-state index contributed by atoms with van der Waals surface area (Å²) in [6.45, 7) is 0.0699. The maximum Gasteiger partial charge on any atom is 0.138 e. The zero-order valence-corrected chi connectivity index (χ0v) is 12.3. The predicted molar refractivity (Wildman–Crippen MR) is 79.2 cm³/mol. The lowest BCUT2D eigenvalue weighted by atomic mass is 10.2. The lowest BCUT2D eigenvalue weighted by molar-refractivity contribution is 0.272. The first-order valence-corrected chi connectivity index (χ1v) is 6.88. The molecule has 1 aromatic heterocycles. The SMILES string of the molecule is FCCOc1ccc(COc2ccc(I)nc2)cc1. The van der Waals surface area contributed by atoms with Crippen LogP contribution in [0.1, 0.15) is 5.56 Å². The fourth-order valence-electron chi connectivity index (χ4n) is 1.45. The van der Waals surface area contributed by atoms with Crippen molar-refractivity contribution in [1.29, 1.82) is 0 Å². The van der Waals surface area contributed by atoms with E-state index in [1.54, 1.807) is 18.3 Å². The molecule has 0 amide bonds. The van der Waals surface area contributed by atoms with Crippen molar-refractivity contribution < 1.29 is 13.9 Å². The van der Waals surface area contributed by atoms with E-state index in [4.69, 9.17) is 9.47 Å². The lowest BCUT2D eigenvalue weighted by Crippen LogP contribution is -1.99. The first kappa shape index (κ1) is 14.0. The Bertz CT molecular complexity index is 502. The van der Waals surface area contributed by atoms with Crippen LogP contribution in [0.4, 0.5) is 4.39 Å². The first-order chi connectivity index (χ1) is 9.28. The second-order valence-corrected chi connectivity index (χ2v) is 4.89. The number of nitrogens with zero attached hydrogens (tertiary/aromatic N) is 1. The molecule has 5 heteroatoms. The molecule has 0 saturated carbocycles. The maximum atomic E-state index is 11.9. The number of rotatable bonds is 6. The zero-order valence-electron chi connectivity index (χ0n) is 10.2. The van der Waals surface area contributed by atoms with E-state index in [1.807, 2.05) is 24.3 Å². The minimum absolute atomic E-state index is 0.0875. The standard InChI is InChI=1S/C14H13FINO2/c15-7-8-18-12-3-1-11(2-4-12)10-19-13-5-6-14(16)17-9-13/h1-6,9H,7-8,10H2. The number of aromatic nitrogens is 1. The van der Waals surface area contributed by atoms with E-state index in [1.165, 1.54) is 0 Å². The van der Waals surface area contributed by atoms with Crippen LogP contribution in [0.15, 0.2) is 42.6 Å². The molecule has 19 heavy (non-hydrogen) atoms. The van der Waals surface area contributed by atoms with E-state index in [-0.39, 0.29) is 6.61 Å². The molecule has 0 aliphatic carbocycles. The molecule has 0 N–H and O–H groups in total. The molecule has 0 unspecified atom stereocenters. The molecule has 1 aromatic carbocycles. The fourth-order valence-corrected chi connectivity index (χ4v) is 1.77. The monoisotopic (exact) mass is 373 g/mol. The Morgan fingerprint density at radius 3 is 2.37 bits per heavy atom. The second-order valence-electron chi connectivity index (χ2n) is 3.79. The Labute approximate surface area is 124 Å². The Balaban J connectivity index is 1.87. The van der Waals surface area contributed by atoms with Gasteiger partial charge in [0.15, 0.2) is 0 Å². The summed E-state index contributed by atoms with van der Waals surface area (Å²) < 4.78 is 23.6. The topological polar surface area (TPSA) is 31.4 Å². The summed E-state index contributed by atoms with van der Waals surface area (Å²) in [7, 11) is 0. The largest absolute Gasteiger partial charge is 0.491 e. The molecule has 0 aliphatic rings. The average molecular weight is 373 g/mol. The number of benzene rings is 1. The van der Waals surface area contributed by atoms with Crippen molar-refractivity contribution in [3.05, 3.63) is 51.9 Å². The molecule has 0 atom stereocenters. The minimum atomic E-state index is -0.481. The summed E-state index contributed by atoms with van der Waals surface area (Å²) in [5.74, 6) is 1.40. The van der Waals surface area contributed by atoms with Gasteiger partial charge in [-0.25, -0.2) is 9.37 Å². The summed E-state index contributed by atoms with van der Waals surface area (Å²) in [6.07, 6.45) is 1.69. The van der Waals surface area contributed by atoms with Crippen molar-refractivity contribution in [1.82, 2.24) is 4.98 Å². The Kier molecular flexibility index (Phi) is 5.38. The third kappa shape index (κ3) is 4.66. The van der Waals surface area contributed by atoms with Gasteiger partial charge in [-0.2, -0.15) is 0 Å². The molecular weight excluding hydrogens is 360 g/mol. The van der Waals surface area contributed by atoms with Crippen molar-refractivity contribution in [2.75, 3.05) is 13.3 Å². The average Bonchev–Trinajstić information content (AvgIpc) is 2.46. The van der Waals surface area contributed by atoms with Gasteiger partial charge in [0, 0.05) is 0 Å². The van der Waals surface area contributed by atoms with Gasteiger partial charge >= 0.3 is 0 Å². The minimum Gasteiger partial charge on any atom is -0.491 e. The number of alkyl halides is 1.